The lowest BCUT2D eigenvalue weighted by Gasteiger charge is -2.18. The van der Waals surface area contributed by atoms with Crippen molar-refractivity contribution >= 4 is 17.9 Å². The Morgan fingerprint density at radius 1 is 0.263 bits per heavy atom. The Hall–Kier alpha value is -3.41. The van der Waals surface area contributed by atoms with Gasteiger partial charge in [-0.1, -0.05) is 318 Å². The van der Waals surface area contributed by atoms with E-state index in [1.165, 1.54) is 212 Å². The highest BCUT2D eigenvalue weighted by molar-refractivity contribution is 5.71. The molecular formula is C74H130O6. The van der Waals surface area contributed by atoms with Gasteiger partial charge < -0.3 is 14.2 Å². The number of rotatable bonds is 63. The van der Waals surface area contributed by atoms with Crippen LogP contribution in [0.25, 0.3) is 0 Å². The van der Waals surface area contributed by atoms with Crippen molar-refractivity contribution in [3.05, 3.63) is 85.1 Å². The molecule has 0 saturated carbocycles. The number of allylic oxidation sites excluding steroid dienone is 14. The molecule has 1 unspecified atom stereocenters. The molecule has 0 N–H and O–H groups in total. The minimum atomic E-state index is -0.792. The fourth-order valence-electron chi connectivity index (χ4n) is 9.97. The topological polar surface area (TPSA) is 78.9 Å². The summed E-state index contributed by atoms with van der Waals surface area (Å²) in [7, 11) is 0. The molecule has 0 radical (unpaired) electrons. The van der Waals surface area contributed by atoms with Crippen molar-refractivity contribution in [1.29, 1.82) is 0 Å². The number of ether oxygens (including phenoxy) is 3. The predicted molar refractivity (Wildman–Crippen MR) is 348 cm³/mol. The fraction of sp³-hybridized carbons (Fsp3) is 0.770. The Kier molecular flexibility index (Phi) is 65.2. The van der Waals surface area contributed by atoms with Crippen molar-refractivity contribution in [3.8, 4) is 0 Å². The zero-order valence-electron chi connectivity index (χ0n) is 53.1. The molecular weight excluding hydrogens is 985 g/mol. The Labute approximate surface area is 496 Å². The van der Waals surface area contributed by atoms with Gasteiger partial charge in [-0.15, -0.1) is 0 Å². The summed E-state index contributed by atoms with van der Waals surface area (Å²) in [5, 5.41) is 0. The smallest absolute Gasteiger partial charge is 0.306 e. The largest absolute Gasteiger partial charge is 0.462 e. The molecule has 0 heterocycles. The number of hydrogen-bond acceptors (Lipinski definition) is 6. The molecule has 0 amide bonds. The van der Waals surface area contributed by atoms with Gasteiger partial charge in [0.2, 0.25) is 0 Å². The van der Waals surface area contributed by atoms with Crippen molar-refractivity contribution in [1.82, 2.24) is 0 Å². The first-order valence-corrected chi connectivity index (χ1v) is 34.6. The highest BCUT2D eigenvalue weighted by Gasteiger charge is 2.19. The molecule has 462 valence electrons. The van der Waals surface area contributed by atoms with Crippen LogP contribution in [0.5, 0.6) is 0 Å². The van der Waals surface area contributed by atoms with Crippen molar-refractivity contribution in [3.63, 3.8) is 0 Å². The predicted octanol–water partition coefficient (Wildman–Crippen LogP) is 23.8. The first-order valence-electron chi connectivity index (χ1n) is 34.6. The van der Waals surface area contributed by atoms with E-state index in [1.807, 2.05) is 0 Å². The number of esters is 3. The number of carbonyl (C=O) groups excluding carboxylic acids is 3. The Bertz CT molecular complexity index is 1520. The lowest BCUT2D eigenvalue weighted by molar-refractivity contribution is -0.167. The van der Waals surface area contributed by atoms with Gasteiger partial charge in [0, 0.05) is 19.3 Å². The van der Waals surface area contributed by atoms with Crippen LogP contribution in [0.1, 0.15) is 348 Å². The molecule has 0 rings (SSSR count). The highest BCUT2D eigenvalue weighted by atomic mass is 16.6. The van der Waals surface area contributed by atoms with E-state index in [0.29, 0.717) is 19.3 Å². The van der Waals surface area contributed by atoms with Crippen LogP contribution >= 0.6 is 0 Å². The molecule has 6 heteroatoms. The van der Waals surface area contributed by atoms with E-state index in [-0.39, 0.29) is 31.1 Å². The van der Waals surface area contributed by atoms with E-state index in [0.717, 1.165) is 96.3 Å². The number of carbonyl (C=O) groups is 3. The van der Waals surface area contributed by atoms with E-state index >= 15 is 0 Å². The maximum atomic E-state index is 12.9. The van der Waals surface area contributed by atoms with Crippen LogP contribution < -0.4 is 0 Å². The van der Waals surface area contributed by atoms with E-state index in [4.69, 9.17) is 14.2 Å². The molecule has 1 atom stereocenters. The number of hydrogen-bond donors (Lipinski definition) is 0. The SMILES string of the molecule is CC/C=C\C/C=C\C/C=C\C/C=C\CCCCC(=O)OCC(COC(=O)CCCCCCCCCCCCCCCCCC/C=C\C/C=C\C/C=C\CCCCCCC)OC(=O)CCCCCCCCCCCCCCCCCC. The van der Waals surface area contributed by atoms with Gasteiger partial charge >= 0.3 is 17.9 Å². The van der Waals surface area contributed by atoms with E-state index in [2.05, 4.69) is 106 Å². The van der Waals surface area contributed by atoms with Gasteiger partial charge in [-0.3, -0.25) is 14.4 Å². The van der Waals surface area contributed by atoms with Crippen LogP contribution in [0.2, 0.25) is 0 Å². The second kappa shape index (κ2) is 68.1. The standard InChI is InChI=1S/C74H130O6/c1-4-7-10-13-16-19-22-25-28-30-31-32-33-34-35-36-37-38-39-40-41-42-43-44-47-49-52-55-58-61-64-67-73(76)79-70-71(69-78-72(75)66-63-60-57-54-51-48-45-27-24-21-18-15-12-9-6-3)80-74(77)68-65-62-59-56-53-50-46-29-26-23-20-17-14-11-8-5-2/h9,12,18,21-22,25,27,30-31,33-34,45,51,54,71H,4-8,10-11,13-17,19-20,23-24,26,28-29,32,35-44,46-50,52-53,55-70H2,1-3H3/b12-9-,21-18-,25-22-,31-30-,34-33-,45-27-,54-51-. The average Bonchev–Trinajstić information content (AvgIpc) is 3.46. The van der Waals surface area contributed by atoms with Gasteiger partial charge in [-0.05, 0) is 96.3 Å². The monoisotopic (exact) mass is 1110 g/mol. The molecule has 0 bridgehead atoms. The van der Waals surface area contributed by atoms with Crippen LogP contribution in [0, 0.1) is 0 Å². The first kappa shape index (κ1) is 76.6. The maximum absolute atomic E-state index is 12.9. The van der Waals surface area contributed by atoms with Gasteiger partial charge in [-0.2, -0.15) is 0 Å². The third-order valence-corrected chi connectivity index (χ3v) is 15.1. The first-order chi connectivity index (χ1) is 39.5. The van der Waals surface area contributed by atoms with E-state index in [9.17, 15) is 14.4 Å². The van der Waals surface area contributed by atoms with Crippen LogP contribution in [0.15, 0.2) is 85.1 Å². The normalized spacial score (nSPS) is 12.6. The summed E-state index contributed by atoms with van der Waals surface area (Å²) in [6.07, 6.45) is 90.4. The third kappa shape index (κ3) is 65.4. The van der Waals surface area contributed by atoms with Gasteiger partial charge in [-0.25, -0.2) is 0 Å². The molecule has 80 heavy (non-hydrogen) atoms. The van der Waals surface area contributed by atoms with Gasteiger partial charge in [0.15, 0.2) is 6.10 Å². The average molecular weight is 1120 g/mol. The minimum Gasteiger partial charge on any atom is -0.462 e. The van der Waals surface area contributed by atoms with Gasteiger partial charge in [0.1, 0.15) is 13.2 Å². The van der Waals surface area contributed by atoms with Crippen molar-refractivity contribution in [2.24, 2.45) is 0 Å². The lowest BCUT2D eigenvalue weighted by atomic mass is 10.0. The molecule has 6 nitrogen and oxygen atoms in total. The van der Waals surface area contributed by atoms with Gasteiger partial charge in [0.05, 0.1) is 0 Å². The summed E-state index contributed by atoms with van der Waals surface area (Å²) in [6, 6.07) is 0. The molecule has 0 spiro atoms. The molecule has 0 aliphatic carbocycles. The Morgan fingerprint density at radius 2 is 0.487 bits per heavy atom. The van der Waals surface area contributed by atoms with Crippen molar-refractivity contribution in [2.45, 2.75) is 354 Å². The minimum absolute atomic E-state index is 0.0858. The molecule has 0 aromatic rings. The maximum Gasteiger partial charge on any atom is 0.306 e. The zero-order chi connectivity index (χ0) is 57.8. The third-order valence-electron chi connectivity index (χ3n) is 15.1. The Morgan fingerprint density at radius 3 is 0.787 bits per heavy atom. The molecule has 0 aliphatic heterocycles. The summed E-state index contributed by atoms with van der Waals surface area (Å²) in [6.45, 7) is 6.52. The molecule has 0 aliphatic rings. The number of unbranched alkanes of at least 4 members (excludes halogenated alkanes) is 38. The lowest BCUT2D eigenvalue weighted by Crippen LogP contribution is -2.30. The second-order valence-corrected chi connectivity index (χ2v) is 23.1. The summed E-state index contributed by atoms with van der Waals surface area (Å²) < 4.78 is 16.9. The molecule has 0 aromatic carbocycles. The molecule has 0 saturated heterocycles. The summed E-state index contributed by atoms with van der Waals surface area (Å²) in [5.41, 5.74) is 0. The second-order valence-electron chi connectivity index (χ2n) is 23.1. The van der Waals surface area contributed by atoms with Gasteiger partial charge in [0.25, 0.3) is 0 Å². The van der Waals surface area contributed by atoms with Crippen LogP contribution in [0.3, 0.4) is 0 Å². The summed E-state index contributed by atoms with van der Waals surface area (Å²) in [5.74, 6) is -0.911. The van der Waals surface area contributed by atoms with Crippen molar-refractivity contribution in [2.75, 3.05) is 13.2 Å². The van der Waals surface area contributed by atoms with Crippen LogP contribution in [-0.2, 0) is 28.6 Å². The molecule has 0 aromatic heterocycles. The van der Waals surface area contributed by atoms with E-state index < -0.39 is 6.10 Å². The van der Waals surface area contributed by atoms with E-state index in [1.54, 1.807) is 0 Å². The highest BCUT2D eigenvalue weighted by Crippen LogP contribution is 2.17. The fourth-order valence-corrected chi connectivity index (χ4v) is 9.97. The van der Waals surface area contributed by atoms with Crippen LogP contribution in [0.4, 0.5) is 0 Å². The van der Waals surface area contributed by atoms with Crippen LogP contribution in [-0.4, -0.2) is 37.2 Å². The Balaban J connectivity index is 4.23. The summed E-state index contributed by atoms with van der Waals surface area (Å²) >= 11 is 0. The quantitative estimate of drug-likeness (QED) is 0.0261. The molecule has 0 fully saturated rings. The summed E-state index contributed by atoms with van der Waals surface area (Å²) in [4.78, 5) is 38.3. The zero-order valence-corrected chi connectivity index (χ0v) is 53.1. The van der Waals surface area contributed by atoms with Crippen molar-refractivity contribution < 1.29 is 28.6 Å².